The van der Waals surface area contributed by atoms with E-state index in [1.807, 2.05) is 20.8 Å². The molecule has 0 bridgehead atoms. The maximum Gasteiger partial charge on any atom is 0.407 e. The number of rotatable bonds is 1. The number of hydrogen-bond donors (Lipinski definition) is 2. The Morgan fingerprint density at radius 1 is 1.35 bits per heavy atom. The van der Waals surface area contributed by atoms with Gasteiger partial charge in [0.05, 0.1) is 6.04 Å². The third-order valence-electron chi connectivity index (χ3n) is 2.41. The molecule has 17 heavy (non-hydrogen) atoms. The van der Waals surface area contributed by atoms with Crippen LogP contribution >= 0.6 is 0 Å². The minimum Gasteiger partial charge on any atom is -0.444 e. The maximum atomic E-state index is 11.5. The van der Waals surface area contributed by atoms with Crippen molar-refractivity contribution in [2.24, 2.45) is 0 Å². The third kappa shape index (κ3) is 4.50. The zero-order valence-electron chi connectivity index (χ0n) is 10.9. The lowest BCUT2D eigenvalue weighted by atomic mass is 10.2. The number of nitrogens with zero attached hydrogens (tertiary/aromatic N) is 1. The molecule has 0 aromatic heterocycles. The van der Waals surface area contributed by atoms with Gasteiger partial charge in [0.25, 0.3) is 0 Å². The van der Waals surface area contributed by atoms with E-state index < -0.39 is 11.7 Å². The van der Waals surface area contributed by atoms with Crippen molar-refractivity contribution in [3.8, 4) is 0 Å². The molecular formula is C11H21N3O3. The summed E-state index contributed by atoms with van der Waals surface area (Å²) in [6, 6.07) is -0.138. The van der Waals surface area contributed by atoms with Crippen LogP contribution < -0.4 is 10.6 Å². The molecule has 1 aliphatic heterocycles. The first kappa shape index (κ1) is 13.6. The van der Waals surface area contributed by atoms with Crippen LogP contribution in [0.25, 0.3) is 0 Å². The standard InChI is InChI=1S/C11H21N3O3/c1-11(2,3)17-10(16)13-8-5-6-14(7-8)9(15)12-4/h8H,5-7H2,1-4H3,(H,12,15)(H,13,16)/t8-/m1/s1. The van der Waals surface area contributed by atoms with Crippen molar-refractivity contribution in [1.29, 1.82) is 0 Å². The summed E-state index contributed by atoms with van der Waals surface area (Å²) in [6.45, 7) is 6.63. The van der Waals surface area contributed by atoms with Crippen molar-refractivity contribution >= 4 is 12.1 Å². The highest BCUT2D eigenvalue weighted by Crippen LogP contribution is 2.11. The molecule has 1 aliphatic rings. The Hall–Kier alpha value is -1.46. The first-order chi connectivity index (χ1) is 7.81. The molecule has 0 spiro atoms. The van der Waals surface area contributed by atoms with Crippen molar-refractivity contribution in [3.63, 3.8) is 0 Å². The fourth-order valence-corrected chi connectivity index (χ4v) is 1.69. The highest BCUT2D eigenvalue weighted by atomic mass is 16.6. The molecule has 0 aliphatic carbocycles. The Labute approximate surface area is 102 Å². The number of hydrogen-bond acceptors (Lipinski definition) is 3. The molecule has 1 atom stereocenters. The molecule has 6 heteroatoms. The second-order valence-corrected chi connectivity index (χ2v) is 5.13. The minimum atomic E-state index is -0.497. The summed E-state index contributed by atoms with van der Waals surface area (Å²) in [5.41, 5.74) is -0.497. The highest BCUT2D eigenvalue weighted by Gasteiger charge is 2.28. The van der Waals surface area contributed by atoms with Crippen LogP contribution in [-0.2, 0) is 4.74 Å². The fraction of sp³-hybridized carbons (Fsp3) is 0.818. The molecule has 0 aromatic carbocycles. The normalized spacial score (nSPS) is 20.0. The number of urea groups is 1. The van der Waals surface area contributed by atoms with Gasteiger partial charge in [0.1, 0.15) is 5.60 Å². The van der Waals surface area contributed by atoms with E-state index in [4.69, 9.17) is 4.74 Å². The van der Waals surface area contributed by atoms with Crippen LogP contribution in [0.3, 0.4) is 0 Å². The number of nitrogens with one attached hydrogen (secondary N) is 2. The molecule has 3 amide bonds. The van der Waals surface area contributed by atoms with Gasteiger partial charge in [-0.25, -0.2) is 9.59 Å². The maximum absolute atomic E-state index is 11.5. The molecule has 0 saturated carbocycles. The average molecular weight is 243 g/mol. The average Bonchev–Trinajstić information content (AvgIpc) is 2.62. The molecule has 98 valence electrons. The van der Waals surface area contributed by atoms with Gasteiger partial charge in [0.15, 0.2) is 0 Å². The van der Waals surface area contributed by atoms with Crippen LogP contribution in [0, 0.1) is 0 Å². The summed E-state index contributed by atoms with van der Waals surface area (Å²) in [6.07, 6.45) is 0.327. The van der Waals surface area contributed by atoms with Crippen LogP contribution in [0.2, 0.25) is 0 Å². The third-order valence-corrected chi connectivity index (χ3v) is 2.41. The van der Waals surface area contributed by atoms with Crippen LogP contribution in [0.4, 0.5) is 9.59 Å². The van der Waals surface area contributed by atoms with Crippen LogP contribution in [-0.4, -0.2) is 48.8 Å². The second kappa shape index (κ2) is 5.25. The van der Waals surface area contributed by atoms with Gasteiger partial charge in [-0.3, -0.25) is 0 Å². The van der Waals surface area contributed by atoms with E-state index in [1.54, 1.807) is 11.9 Å². The van der Waals surface area contributed by atoms with Crippen LogP contribution in [0.1, 0.15) is 27.2 Å². The molecule has 1 saturated heterocycles. The molecule has 0 radical (unpaired) electrons. The Kier molecular flexibility index (Phi) is 4.20. The summed E-state index contributed by atoms with van der Waals surface area (Å²) < 4.78 is 5.15. The van der Waals surface area contributed by atoms with E-state index in [1.165, 1.54) is 0 Å². The van der Waals surface area contributed by atoms with Crippen molar-refractivity contribution < 1.29 is 14.3 Å². The van der Waals surface area contributed by atoms with E-state index in [0.29, 0.717) is 13.1 Å². The zero-order valence-corrected chi connectivity index (χ0v) is 10.9. The summed E-state index contributed by atoms with van der Waals surface area (Å²) >= 11 is 0. The molecule has 2 N–H and O–H groups in total. The van der Waals surface area contributed by atoms with Gasteiger partial charge < -0.3 is 20.3 Å². The summed E-state index contributed by atoms with van der Waals surface area (Å²) in [4.78, 5) is 24.5. The van der Waals surface area contributed by atoms with Crippen LogP contribution in [0.15, 0.2) is 0 Å². The van der Waals surface area contributed by atoms with E-state index >= 15 is 0 Å². The van der Waals surface area contributed by atoms with Gasteiger partial charge in [-0.2, -0.15) is 0 Å². The largest absolute Gasteiger partial charge is 0.444 e. The van der Waals surface area contributed by atoms with Gasteiger partial charge in [0.2, 0.25) is 0 Å². The smallest absolute Gasteiger partial charge is 0.407 e. The SMILES string of the molecule is CNC(=O)N1CC[C@@H](NC(=O)OC(C)(C)C)C1. The topological polar surface area (TPSA) is 70.7 Å². The molecular weight excluding hydrogens is 222 g/mol. The van der Waals surface area contributed by atoms with Gasteiger partial charge >= 0.3 is 12.1 Å². The van der Waals surface area contributed by atoms with Crippen molar-refractivity contribution in [2.75, 3.05) is 20.1 Å². The molecule has 1 heterocycles. The predicted octanol–water partition coefficient (Wildman–Crippen LogP) is 0.925. The Morgan fingerprint density at radius 2 is 2.00 bits per heavy atom. The lowest BCUT2D eigenvalue weighted by Gasteiger charge is -2.22. The first-order valence-corrected chi connectivity index (χ1v) is 5.78. The molecule has 1 fully saturated rings. The van der Waals surface area contributed by atoms with Crippen molar-refractivity contribution in [3.05, 3.63) is 0 Å². The second-order valence-electron chi connectivity index (χ2n) is 5.13. The molecule has 1 rings (SSSR count). The number of carbonyl (C=O) groups excluding carboxylic acids is 2. The summed E-state index contributed by atoms with van der Waals surface area (Å²) in [7, 11) is 1.59. The van der Waals surface area contributed by atoms with Gasteiger partial charge in [-0.15, -0.1) is 0 Å². The quantitative estimate of drug-likeness (QED) is 0.719. The van der Waals surface area contributed by atoms with Crippen molar-refractivity contribution in [1.82, 2.24) is 15.5 Å². The lowest BCUT2D eigenvalue weighted by Crippen LogP contribution is -2.42. The summed E-state index contributed by atoms with van der Waals surface area (Å²) in [5.74, 6) is 0. The number of likely N-dealkylation sites (tertiary alicyclic amines) is 1. The summed E-state index contributed by atoms with van der Waals surface area (Å²) in [5, 5.41) is 5.32. The monoisotopic (exact) mass is 243 g/mol. The zero-order chi connectivity index (χ0) is 13.1. The van der Waals surface area contributed by atoms with E-state index in [0.717, 1.165) is 6.42 Å². The Bertz CT molecular complexity index is 299. The van der Waals surface area contributed by atoms with Gasteiger partial charge in [0, 0.05) is 20.1 Å². The van der Waals surface area contributed by atoms with Crippen molar-refractivity contribution in [2.45, 2.75) is 38.8 Å². The van der Waals surface area contributed by atoms with Gasteiger partial charge in [-0.05, 0) is 27.2 Å². The molecule has 0 unspecified atom stereocenters. The highest BCUT2D eigenvalue weighted by molar-refractivity contribution is 5.74. The number of amides is 3. The fourth-order valence-electron chi connectivity index (χ4n) is 1.69. The lowest BCUT2D eigenvalue weighted by molar-refractivity contribution is 0.0506. The van der Waals surface area contributed by atoms with Crippen LogP contribution in [0.5, 0.6) is 0 Å². The van der Waals surface area contributed by atoms with E-state index in [9.17, 15) is 9.59 Å². The number of ether oxygens (including phenoxy) is 1. The van der Waals surface area contributed by atoms with Gasteiger partial charge in [-0.1, -0.05) is 0 Å². The first-order valence-electron chi connectivity index (χ1n) is 5.78. The molecule has 0 aromatic rings. The van der Waals surface area contributed by atoms with E-state index in [-0.39, 0.29) is 12.1 Å². The molecule has 6 nitrogen and oxygen atoms in total. The number of carbonyl (C=O) groups is 2. The Morgan fingerprint density at radius 3 is 2.53 bits per heavy atom. The Balaban J connectivity index is 2.35. The predicted molar refractivity (Wildman–Crippen MR) is 63.8 cm³/mol. The minimum absolute atomic E-state index is 0.0258. The van der Waals surface area contributed by atoms with E-state index in [2.05, 4.69) is 10.6 Å². The number of alkyl carbamates (subject to hydrolysis) is 1.